The van der Waals surface area contributed by atoms with Crippen LogP contribution in [-0.4, -0.2) is 32.2 Å². The van der Waals surface area contributed by atoms with E-state index < -0.39 is 5.97 Å². The van der Waals surface area contributed by atoms with E-state index in [-0.39, 0.29) is 11.6 Å². The van der Waals surface area contributed by atoms with E-state index >= 15 is 0 Å². The number of carbonyl (C=O) groups is 1. The van der Waals surface area contributed by atoms with Crippen molar-refractivity contribution in [3.63, 3.8) is 0 Å². The van der Waals surface area contributed by atoms with E-state index in [0.717, 1.165) is 0 Å². The molecule has 0 amide bonds. The Balaban J connectivity index is 1.65. The fourth-order valence-corrected chi connectivity index (χ4v) is 2.91. The second kappa shape index (κ2) is 6.72. The molecular formula is C19H14ClNO5. The number of benzene rings is 2. The number of aliphatic imine (C=N–C) groups is 1. The zero-order valence-electron chi connectivity index (χ0n) is 13.8. The van der Waals surface area contributed by atoms with Gasteiger partial charge in [0.05, 0.1) is 12.1 Å². The van der Waals surface area contributed by atoms with Gasteiger partial charge in [-0.25, -0.2) is 9.79 Å². The van der Waals surface area contributed by atoms with Gasteiger partial charge in [0.2, 0.25) is 5.90 Å². The molecule has 0 atom stereocenters. The molecule has 0 spiro atoms. The van der Waals surface area contributed by atoms with E-state index in [1.54, 1.807) is 49.6 Å². The van der Waals surface area contributed by atoms with Gasteiger partial charge in [-0.1, -0.05) is 11.6 Å². The van der Waals surface area contributed by atoms with Crippen LogP contribution in [0.3, 0.4) is 0 Å². The maximum atomic E-state index is 12.1. The third-order valence-electron chi connectivity index (χ3n) is 3.88. The van der Waals surface area contributed by atoms with E-state index in [4.69, 9.17) is 30.5 Å². The van der Waals surface area contributed by atoms with Gasteiger partial charge >= 0.3 is 5.97 Å². The maximum Gasteiger partial charge on any atom is 0.363 e. The van der Waals surface area contributed by atoms with Crippen molar-refractivity contribution < 1.29 is 23.7 Å². The van der Waals surface area contributed by atoms with Gasteiger partial charge < -0.3 is 18.9 Å². The molecule has 0 unspecified atom stereocenters. The van der Waals surface area contributed by atoms with Crippen LogP contribution in [0.15, 0.2) is 47.1 Å². The van der Waals surface area contributed by atoms with Gasteiger partial charge in [-0.3, -0.25) is 0 Å². The SMILES string of the molecule is COc1ccc(C2=N/C(=C\c3cc(Cl)c4c(c3)OCCO4)C(=O)O2)cc1. The van der Waals surface area contributed by atoms with Crippen LogP contribution < -0.4 is 14.2 Å². The molecule has 2 aliphatic rings. The van der Waals surface area contributed by atoms with Gasteiger partial charge in [-0.15, -0.1) is 0 Å². The lowest BCUT2D eigenvalue weighted by Gasteiger charge is -2.19. The first-order valence-electron chi connectivity index (χ1n) is 7.90. The van der Waals surface area contributed by atoms with Gasteiger partial charge in [-0.05, 0) is 48.0 Å². The minimum Gasteiger partial charge on any atom is -0.497 e. The Hall–Kier alpha value is -2.99. The number of methoxy groups -OCH3 is 1. The van der Waals surface area contributed by atoms with Gasteiger partial charge in [0.15, 0.2) is 17.2 Å². The topological polar surface area (TPSA) is 66.3 Å². The van der Waals surface area contributed by atoms with E-state index in [0.29, 0.717) is 46.6 Å². The summed E-state index contributed by atoms with van der Waals surface area (Å²) in [4.78, 5) is 16.4. The third kappa shape index (κ3) is 3.11. The summed E-state index contributed by atoms with van der Waals surface area (Å²) >= 11 is 6.22. The Kier molecular flexibility index (Phi) is 4.26. The summed E-state index contributed by atoms with van der Waals surface area (Å²) in [7, 11) is 1.58. The molecule has 0 aromatic heterocycles. The summed E-state index contributed by atoms with van der Waals surface area (Å²) in [5.41, 5.74) is 1.54. The molecule has 4 rings (SSSR count). The lowest BCUT2D eigenvalue weighted by atomic mass is 10.1. The summed E-state index contributed by atoms with van der Waals surface area (Å²) < 4.78 is 21.4. The second-order valence-corrected chi connectivity index (χ2v) is 6.00. The number of rotatable bonds is 3. The van der Waals surface area contributed by atoms with Crippen molar-refractivity contribution in [3.05, 3.63) is 58.2 Å². The third-order valence-corrected chi connectivity index (χ3v) is 4.16. The van der Waals surface area contributed by atoms with Crippen LogP contribution in [0, 0.1) is 0 Å². The first-order valence-corrected chi connectivity index (χ1v) is 8.28. The van der Waals surface area contributed by atoms with Crippen molar-refractivity contribution in [2.24, 2.45) is 4.99 Å². The smallest absolute Gasteiger partial charge is 0.363 e. The average molecular weight is 372 g/mol. The number of fused-ring (bicyclic) bond motifs is 1. The van der Waals surface area contributed by atoms with Crippen molar-refractivity contribution in [3.8, 4) is 17.2 Å². The Bertz CT molecular complexity index is 934. The molecular weight excluding hydrogens is 358 g/mol. The molecule has 0 bridgehead atoms. The summed E-state index contributed by atoms with van der Waals surface area (Å²) in [5, 5.41) is 0.416. The monoisotopic (exact) mass is 371 g/mol. The van der Waals surface area contributed by atoms with Gasteiger partial charge in [0.1, 0.15) is 19.0 Å². The Labute approximate surface area is 154 Å². The molecule has 0 saturated carbocycles. The molecule has 0 radical (unpaired) electrons. The largest absolute Gasteiger partial charge is 0.497 e. The fourth-order valence-electron chi connectivity index (χ4n) is 2.64. The number of carbonyl (C=O) groups excluding carboxylic acids is 1. The first-order chi connectivity index (χ1) is 12.6. The molecule has 2 heterocycles. The maximum absolute atomic E-state index is 12.1. The van der Waals surface area contributed by atoms with Gasteiger partial charge in [0.25, 0.3) is 0 Å². The molecule has 2 aromatic carbocycles. The Morgan fingerprint density at radius 3 is 2.69 bits per heavy atom. The predicted octanol–water partition coefficient (Wildman–Crippen LogP) is 3.46. The van der Waals surface area contributed by atoms with Crippen molar-refractivity contribution >= 4 is 29.5 Å². The zero-order chi connectivity index (χ0) is 18.1. The molecule has 7 heteroatoms. The molecule has 26 heavy (non-hydrogen) atoms. The molecule has 6 nitrogen and oxygen atoms in total. The number of esters is 1. The molecule has 0 aliphatic carbocycles. The highest BCUT2D eigenvalue weighted by Gasteiger charge is 2.25. The van der Waals surface area contributed by atoms with Crippen LogP contribution in [0.4, 0.5) is 0 Å². The standard InChI is InChI=1S/C19H14ClNO5/c1-23-13-4-2-12(3-5-13)18-21-15(19(22)26-18)9-11-8-14(20)17-16(10-11)24-6-7-25-17/h2-5,8-10H,6-7H2,1H3/b15-9-. The highest BCUT2D eigenvalue weighted by molar-refractivity contribution is 6.32. The lowest BCUT2D eigenvalue weighted by Crippen LogP contribution is -2.15. The first kappa shape index (κ1) is 16.5. The molecule has 2 aromatic rings. The lowest BCUT2D eigenvalue weighted by molar-refractivity contribution is -0.129. The van der Waals surface area contributed by atoms with Gasteiger partial charge in [0, 0.05) is 5.56 Å². The molecule has 2 aliphatic heterocycles. The normalized spacial score (nSPS) is 17.1. The van der Waals surface area contributed by atoms with Crippen molar-refractivity contribution in [2.45, 2.75) is 0 Å². The minimum absolute atomic E-state index is 0.184. The zero-order valence-corrected chi connectivity index (χ0v) is 14.6. The number of ether oxygens (including phenoxy) is 4. The minimum atomic E-state index is -0.526. The van der Waals surface area contributed by atoms with E-state index in [1.807, 2.05) is 0 Å². The van der Waals surface area contributed by atoms with Crippen LogP contribution in [0.1, 0.15) is 11.1 Å². The number of hydrogen-bond donors (Lipinski definition) is 0. The average Bonchev–Trinajstić information content (AvgIpc) is 3.02. The summed E-state index contributed by atoms with van der Waals surface area (Å²) in [6, 6.07) is 10.5. The fraction of sp³-hybridized carbons (Fsp3) is 0.158. The van der Waals surface area contributed by atoms with Crippen LogP contribution in [0.25, 0.3) is 6.08 Å². The Morgan fingerprint density at radius 1 is 1.15 bits per heavy atom. The molecule has 0 fully saturated rings. The van der Waals surface area contributed by atoms with Crippen molar-refractivity contribution in [2.75, 3.05) is 20.3 Å². The van der Waals surface area contributed by atoms with Crippen LogP contribution in [-0.2, 0) is 9.53 Å². The molecule has 132 valence electrons. The van der Waals surface area contributed by atoms with Gasteiger partial charge in [-0.2, -0.15) is 0 Å². The molecule has 0 N–H and O–H groups in total. The molecule has 0 saturated heterocycles. The summed E-state index contributed by atoms with van der Waals surface area (Å²) in [6.07, 6.45) is 1.60. The van der Waals surface area contributed by atoms with Crippen LogP contribution >= 0.6 is 11.6 Å². The Morgan fingerprint density at radius 2 is 1.92 bits per heavy atom. The van der Waals surface area contributed by atoms with E-state index in [9.17, 15) is 4.79 Å². The van der Waals surface area contributed by atoms with Crippen molar-refractivity contribution in [1.29, 1.82) is 0 Å². The number of nitrogens with zero attached hydrogens (tertiary/aromatic N) is 1. The van der Waals surface area contributed by atoms with E-state index in [2.05, 4.69) is 4.99 Å². The highest BCUT2D eigenvalue weighted by Crippen LogP contribution is 2.39. The number of hydrogen-bond acceptors (Lipinski definition) is 6. The van der Waals surface area contributed by atoms with Crippen molar-refractivity contribution in [1.82, 2.24) is 0 Å². The highest BCUT2D eigenvalue weighted by atomic mass is 35.5. The summed E-state index contributed by atoms with van der Waals surface area (Å²) in [5.74, 6) is 1.48. The van der Waals surface area contributed by atoms with Crippen LogP contribution in [0.5, 0.6) is 17.2 Å². The predicted molar refractivity (Wildman–Crippen MR) is 96.0 cm³/mol. The second-order valence-electron chi connectivity index (χ2n) is 5.59. The number of cyclic esters (lactones) is 1. The van der Waals surface area contributed by atoms with Crippen LogP contribution in [0.2, 0.25) is 5.02 Å². The summed E-state index contributed by atoms with van der Waals surface area (Å²) in [6.45, 7) is 0.903. The van der Waals surface area contributed by atoms with E-state index in [1.165, 1.54) is 0 Å². The quantitative estimate of drug-likeness (QED) is 0.610. The number of halogens is 1.